The van der Waals surface area contributed by atoms with Gasteiger partial charge in [0.15, 0.2) is 0 Å². The molecule has 1 aliphatic heterocycles. The third kappa shape index (κ3) is 3.49. The van der Waals surface area contributed by atoms with Gasteiger partial charge in [-0.1, -0.05) is 30.3 Å². The predicted molar refractivity (Wildman–Crippen MR) is 101 cm³/mol. The number of ether oxygens (including phenoxy) is 1. The summed E-state index contributed by atoms with van der Waals surface area (Å²) in [7, 11) is 1.69. The summed E-state index contributed by atoms with van der Waals surface area (Å²) in [5, 5.41) is 13.3. The second-order valence-electron chi connectivity index (χ2n) is 6.82. The topological polar surface area (TPSA) is 73.1 Å². The predicted octanol–water partition coefficient (Wildman–Crippen LogP) is 2.98. The first-order chi connectivity index (χ1) is 13.3. The second kappa shape index (κ2) is 7.73. The number of fused-ring (bicyclic) bond motifs is 1. The van der Waals surface area contributed by atoms with Crippen LogP contribution in [0.3, 0.4) is 0 Å². The standard InChI is InChI=1S/C20H23N5O2/c1-27-19-11-10-16(15-6-2-3-7-17(15)19)18-8-4-13-25(18)20(26)9-5-12-24-14-21-22-23-24/h2-3,6-7,10-11,14,18H,4-5,8-9,12-13H2,1H3/t18-/m1/s1. The van der Waals surface area contributed by atoms with Gasteiger partial charge in [-0.2, -0.15) is 0 Å². The van der Waals surface area contributed by atoms with Gasteiger partial charge >= 0.3 is 0 Å². The van der Waals surface area contributed by atoms with Crippen molar-refractivity contribution in [1.29, 1.82) is 0 Å². The first-order valence-electron chi connectivity index (χ1n) is 9.34. The molecule has 2 aromatic carbocycles. The number of rotatable bonds is 6. The van der Waals surface area contributed by atoms with Crippen LogP contribution < -0.4 is 4.74 Å². The van der Waals surface area contributed by atoms with E-state index in [4.69, 9.17) is 4.74 Å². The average Bonchev–Trinajstić information content (AvgIpc) is 3.39. The average molecular weight is 365 g/mol. The van der Waals surface area contributed by atoms with Crippen LogP contribution in [0.25, 0.3) is 10.8 Å². The van der Waals surface area contributed by atoms with Gasteiger partial charge in [-0.15, -0.1) is 5.10 Å². The minimum Gasteiger partial charge on any atom is -0.496 e. The van der Waals surface area contributed by atoms with Crippen molar-refractivity contribution in [3.63, 3.8) is 0 Å². The number of amides is 1. The van der Waals surface area contributed by atoms with Crippen LogP contribution in [-0.4, -0.2) is 44.7 Å². The molecule has 1 saturated heterocycles. The molecular formula is C20H23N5O2. The molecule has 1 amide bonds. The van der Waals surface area contributed by atoms with Crippen molar-refractivity contribution in [3.05, 3.63) is 48.3 Å². The van der Waals surface area contributed by atoms with E-state index in [1.54, 1.807) is 18.1 Å². The summed E-state index contributed by atoms with van der Waals surface area (Å²) >= 11 is 0. The fourth-order valence-electron chi connectivity index (χ4n) is 3.97. The Kier molecular flexibility index (Phi) is 5.00. The Labute approximate surface area is 157 Å². The number of carbonyl (C=O) groups is 1. The number of carbonyl (C=O) groups excluding carboxylic acids is 1. The lowest BCUT2D eigenvalue weighted by Crippen LogP contribution is -2.30. The lowest BCUT2D eigenvalue weighted by Gasteiger charge is -2.26. The van der Waals surface area contributed by atoms with E-state index in [1.165, 1.54) is 5.56 Å². The normalized spacial score (nSPS) is 16.8. The van der Waals surface area contributed by atoms with Crippen LogP contribution in [0.2, 0.25) is 0 Å². The van der Waals surface area contributed by atoms with Crippen molar-refractivity contribution < 1.29 is 9.53 Å². The summed E-state index contributed by atoms with van der Waals surface area (Å²) < 4.78 is 7.17. The number of tetrazole rings is 1. The lowest BCUT2D eigenvalue weighted by atomic mass is 9.96. The highest BCUT2D eigenvalue weighted by atomic mass is 16.5. The van der Waals surface area contributed by atoms with Gasteiger partial charge in [0.25, 0.3) is 0 Å². The largest absolute Gasteiger partial charge is 0.496 e. The van der Waals surface area contributed by atoms with Crippen molar-refractivity contribution in [2.75, 3.05) is 13.7 Å². The number of methoxy groups -OCH3 is 1. The number of aromatic nitrogens is 4. The zero-order valence-corrected chi connectivity index (χ0v) is 15.4. The van der Waals surface area contributed by atoms with Crippen LogP contribution in [-0.2, 0) is 11.3 Å². The molecule has 0 spiro atoms. The van der Waals surface area contributed by atoms with Crippen molar-refractivity contribution in [3.8, 4) is 5.75 Å². The Morgan fingerprint density at radius 1 is 1.22 bits per heavy atom. The van der Waals surface area contributed by atoms with Crippen LogP contribution in [0.15, 0.2) is 42.7 Å². The lowest BCUT2D eigenvalue weighted by molar-refractivity contribution is -0.132. The van der Waals surface area contributed by atoms with E-state index in [0.29, 0.717) is 13.0 Å². The van der Waals surface area contributed by atoms with Gasteiger partial charge in [0.1, 0.15) is 12.1 Å². The Hall–Kier alpha value is -2.96. The van der Waals surface area contributed by atoms with Gasteiger partial charge in [0.2, 0.25) is 5.91 Å². The van der Waals surface area contributed by atoms with Crippen molar-refractivity contribution >= 4 is 16.7 Å². The molecule has 0 radical (unpaired) electrons. The number of hydrogen-bond donors (Lipinski definition) is 0. The Bertz CT molecular complexity index is 925. The van der Waals surface area contributed by atoms with Crippen molar-refractivity contribution in [2.45, 2.75) is 38.3 Å². The Balaban J connectivity index is 1.53. The fourth-order valence-corrected chi connectivity index (χ4v) is 3.97. The molecule has 0 unspecified atom stereocenters. The molecule has 0 N–H and O–H groups in total. The van der Waals surface area contributed by atoms with Gasteiger partial charge < -0.3 is 9.64 Å². The molecule has 27 heavy (non-hydrogen) atoms. The number of hydrogen-bond acceptors (Lipinski definition) is 5. The molecule has 1 atom stereocenters. The van der Waals surface area contributed by atoms with Crippen LogP contribution in [0.1, 0.15) is 37.3 Å². The molecule has 4 rings (SSSR count). The van der Waals surface area contributed by atoms with Gasteiger partial charge in [0.05, 0.1) is 13.2 Å². The van der Waals surface area contributed by atoms with Gasteiger partial charge in [0, 0.05) is 24.9 Å². The van der Waals surface area contributed by atoms with Gasteiger partial charge in [-0.3, -0.25) is 4.79 Å². The zero-order valence-electron chi connectivity index (χ0n) is 15.4. The van der Waals surface area contributed by atoms with Crippen LogP contribution in [0, 0.1) is 0 Å². The van der Waals surface area contributed by atoms with E-state index in [1.807, 2.05) is 23.1 Å². The molecular weight excluding hydrogens is 342 g/mol. The monoisotopic (exact) mass is 365 g/mol. The number of nitrogens with zero attached hydrogens (tertiary/aromatic N) is 5. The molecule has 0 bridgehead atoms. The third-order valence-electron chi connectivity index (χ3n) is 5.24. The van der Waals surface area contributed by atoms with E-state index in [0.717, 1.165) is 42.3 Å². The molecule has 0 aliphatic carbocycles. The maximum absolute atomic E-state index is 12.9. The smallest absolute Gasteiger partial charge is 0.223 e. The minimum atomic E-state index is 0.126. The molecule has 140 valence electrons. The molecule has 7 heteroatoms. The van der Waals surface area contributed by atoms with E-state index < -0.39 is 0 Å². The summed E-state index contributed by atoms with van der Waals surface area (Å²) in [6.45, 7) is 1.47. The Morgan fingerprint density at radius 3 is 2.85 bits per heavy atom. The van der Waals surface area contributed by atoms with Crippen molar-refractivity contribution in [2.24, 2.45) is 0 Å². The van der Waals surface area contributed by atoms with Gasteiger partial charge in [-0.25, -0.2) is 4.68 Å². The van der Waals surface area contributed by atoms with E-state index in [9.17, 15) is 4.79 Å². The number of aryl methyl sites for hydroxylation is 1. The maximum Gasteiger partial charge on any atom is 0.223 e. The zero-order chi connectivity index (χ0) is 18.6. The summed E-state index contributed by atoms with van der Waals surface area (Å²) in [5.41, 5.74) is 1.21. The minimum absolute atomic E-state index is 0.126. The second-order valence-corrected chi connectivity index (χ2v) is 6.82. The van der Waals surface area contributed by atoms with E-state index in [2.05, 4.69) is 33.7 Å². The summed E-state index contributed by atoms with van der Waals surface area (Å²) in [6, 6.07) is 12.5. The highest BCUT2D eigenvalue weighted by Crippen LogP contribution is 2.39. The SMILES string of the molecule is COc1ccc([C@H]2CCCN2C(=O)CCCn2cnnn2)c2ccccc12. The van der Waals surface area contributed by atoms with Crippen LogP contribution in [0.4, 0.5) is 0 Å². The van der Waals surface area contributed by atoms with Gasteiger partial charge in [-0.05, 0) is 46.7 Å². The fraction of sp³-hybridized carbons (Fsp3) is 0.400. The molecule has 0 saturated carbocycles. The molecule has 2 heterocycles. The number of likely N-dealkylation sites (tertiary alicyclic amines) is 1. The maximum atomic E-state index is 12.9. The summed E-state index contributed by atoms with van der Waals surface area (Å²) in [6.07, 6.45) is 4.84. The molecule has 1 fully saturated rings. The van der Waals surface area contributed by atoms with E-state index in [-0.39, 0.29) is 11.9 Å². The molecule has 1 aliphatic rings. The quantitative estimate of drug-likeness (QED) is 0.671. The molecule has 7 nitrogen and oxygen atoms in total. The first kappa shape index (κ1) is 17.5. The highest BCUT2D eigenvalue weighted by Gasteiger charge is 2.30. The van der Waals surface area contributed by atoms with Crippen LogP contribution >= 0.6 is 0 Å². The van der Waals surface area contributed by atoms with Crippen LogP contribution in [0.5, 0.6) is 5.75 Å². The summed E-state index contributed by atoms with van der Waals surface area (Å²) in [4.78, 5) is 14.9. The van der Waals surface area contributed by atoms with E-state index >= 15 is 0 Å². The Morgan fingerprint density at radius 2 is 2.07 bits per heavy atom. The third-order valence-corrected chi connectivity index (χ3v) is 5.24. The number of benzene rings is 2. The molecule has 3 aromatic rings. The summed E-state index contributed by atoms with van der Waals surface area (Å²) in [5.74, 6) is 1.07. The first-order valence-corrected chi connectivity index (χ1v) is 9.34. The highest BCUT2D eigenvalue weighted by molar-refractivity contribution is 5.92. The molecule has 1 aromatic heterocycles. The van der Waals surface area contributed by atoms with Crippen molar-refractivity contribution in [1.82, 2.24) is 25.1 Å².